The Hall–Kier alpha value is 0.0200. The van der Waals surface area contributed by atoms with E-state index in [0.717, 1.165) is 0 Å². The van der Waals surface area contributed by atoms with E-state index in [1.54, 1.807) is 14.0 Å². The van der Waals surface area contributed by atoms with Crippen molar-refractivity contribution in [2.75, 3.05) is 13.7 Å². The van der Waals surface area contributed by atoms with Crippen LogP contribution < -0.4 is 0 Å². The molecule has 54 valence electrons. The van der Waals surface area contributed by atoms with Gasteiger partial charge in [0.15, 0.2) is 5.66 Å². The first-order valence-electron chi connectivity index (χ1n) is 2.82. The van der Waals surface area contributed by atoms with E-state index in [4.69, 9.17) is 9.63 Å². The van der Waals surface area contributed by atoms with Gasteiger partial charge in [-0.05, 0) is 11.5 Å². The molecule has 0 saturated carbocycles. The normalized spacial score (nSPS) is 15.2. The molecular formula is C5H12O3P+. The molecule has 0 aromatic carbocycles. The number of methoxy groups -OCH3 is 1. The minimum Gasteiger partial charge on any atom is -0.385 e. The number of rotatable bonds is 4. The molecule has 0 aliphatic carbocycles. The summed E-state index contributed by atoms with van der Waals surface area (Å²) < 4.78 is 15.0. The minimum absolute atomic E-state index is 0.139. The van der Waals surface area contributed by atoms with E-state index in [9.17, 15) is 4.57 Å². The molecule has 0 aromatic heterocycles. The molecule has 0 bridgehead atoms. The molecule has 4 heteroatoms. The maximum atomic E-state index is 10.3. The third-order valence-corrected chi connectivity index (χ3v) is 2.13. The van der Waals surface area contributed by atoms with Crippen LogP contribution in [0.25, 0.3) is 0 Å². The Bertz CT molecular complexity index is 94.2. The lowest BCUT2D eigenvalue weighted by Crippen LogP contribution is -2.00. The van der Waals surface area contributed by atoms with Gasteiger partial charge >= 0.3 is 8.03 Å². The average molecular weight is 151 g/mol. The van der Waals surface area contributed by atoms with E-state index >= 15 is 0 Å². The summed E-state index contributed by atoms with van der Waals surface area (Å²) >= 11 is 0. The molecule has 2 unspecified atom stereocenters. The molecule has 0 aliphatic rings. The molecule has 9 heavy (non-hydrogen) atoms. The van der Waals surface area contributed by atoms with Crippen LogP contribution in [-0.2, 0) is 9.30 Å². The van der Waals surface area contributed by atoms with Crippen LogP contribution >= 0.6 is 8.03 Å². The highest BCUT2D eigenvalue weighted by molar-refractivity contribution is 7.38. The van der Waals surface area contributed by atoms with Crippen molar-refractivity contribution in [2.45, 2.75) is 19.0 Å². The van der Waals surface area contributed by atoms with Crippen molar-refractivity contribution < 1.29 is 14.2 Å². The number of ether oxygens (including phenoxy) is 1. The Morgan fingerprint density at radius 3 is 2.67 bits per heavy atom. The molecule has 0 heterocycles. The van der Waals surface area contributed by atoms with Crippen LogP contribution in [0.15, 0.2) is 0 Å². The van der Waals surface area contributed by atoms with Crippen molar-refractivity contribution in [3.05, 3.63) is 0 Å². The highest BCUT2D eigenvalue weighted by Crippen LogP contribution is 2.23. The summed E-state index contributed by atoms with van der Waals surface area (Å²) in [5.41, 5.74) is -0.139. The lowest BCUT2D eigenvalue weighted by atomic mass is 10.3. The van der Waals surface area contributed by atoms with Gasteiger partial charge in [-0.3, -0.25) is 0 Å². The smallest absolute Gasteiger partial charge is 0.385 e. The summed E-state index contributed by atoms with van der Waals surface area (Å²) in [6.45, 7) is 2.29. The quantitative estimate of drug-likeness (QED) is 0.613. The van der Waals surface area contributed by atoms with Crippen molar-refractivity contribution in [2.24, 2.45) is 0 Å². The van der Waals surface area contributed by atoms with Gasteiger partial charge in [0.2, 0.25) is 0 Å². The summed E-state index contributed by atoms with van der Waals surface area (Å²) in [7, 11) is -0.423. The first kappa shape index (κ1) is 9.02. The van der Waals surface area contributed by atoms with Crippen LogP contribution in [0.5, 0.6) is 0 Å². The van der Waals surface area contributed by atoms with Crippen LogP contribution in [0.1, 0.15) is 13.3 Å². The fraction of sp³-hybridized carbons (Fsp3) is 1.00. The largest absolute Gasteiger partial charge is 0.508 e. The molecule has 2 atom stereocenters. The monoisotopic (exact) mass is 151 g/mol. The predicted molar refractivity (Wildman–Crippen MR) is 35.8 cm³/mol. The highest BCUT2D eigenvalue weighted by Gasteiger charge is 2.21. The van der Waals surface area contributed by atoms with Gasteiger partial charge < -0.3 is 4.74 Å². The van der Waals surface area contributed by atoms with Gasteiger partial charge in [-0.1, -0.05) is 0 Å². The Kier molecular flexibility index (Phi) is 4.87. The van der Waals surface area contributed by atoms with Crippen molar-refractivity contribution >= 4 is 8.03 Å². The average Bonchev–Trinajstić information content (AvgIpc) is 1.82. The third kappa shape index (κ3) is 4.52. The first-order valence-corrected chi connectivity index (χ1v) is 4.10. The summed E-state index contributed by atoms with van der Waals surface area (Å²) in [6.07, 6.45) is 0.655. The van der Waals surface area contributed by atoms with Crippen LogP contribution in [0.4, 0.5) is 0 Å². The second-order valence-electron chi connectivity index (χ2n) is 1.93. The second-order valence-corrected chi connectivity index (χ2v) is 3.42. The van der Waals surface area contributed by atoms with Crippen molar-refractivity contribution in [3.8, 4) is 0 Å². The molecule has 0 rings (SSSR count). The molecule has 0 spiro atoms. The standard InChI is InChI=1S/C5H11O3P/c1-5(9(6)7)3-4-8-2/h5H,3-4H2,1-2H3/p+1. The van der Waals surface area contributed by atoms with Crippen molar-refractivity contribution in [1.82, 2.24) is 0 Å². The van der Waals surface area contributed by atoms with Crippen molar-refractivity contribution in [3.63, 3.8) is 0 Å². The van der Waals surface area contributed by atoms with Crippen molar-refractivity contribution in [1.29, 1.82) is 0 Å². The van der Waals surface area contributed by atoms with Gasteiger partial charge in [0.25, 0.3) is 0 Å². The fourth-order valence-corrected chi connectivity index (χ4v) is 0.725. The van der Waals surface area contributed by atoms with E-state index in [-0.39, 0.29) is 5.66 Å². The molecule has 0 fully saturated rings. The van der Waals surface area contributed by atoms with Crippen LogP contribution in [0.2, 0.25) is 0 Å². The maximum Gasteiger partial charge on any atom is 0.508 e. The molecule has 0 aromatic rings. The third-order valence-electron chi connectivity index (χ3n) is 1.12. The van der Waals surface area contributed by atoms with E-state index in [1.807, 2.05) is 0 Å². The maximum absolute atomic E-state index is 10.3. The van der Waals surface area contributed by atoms with Crippen LogP contribution in [-0.4, -0.2) is 24.3 Å². The molecule has 0 saturated heterocycles. The van der Waals surface area contributed by atoms with Gasteiger partial charge in [-0.2, -0.15) is 4.89 Å². The Morgan fingerprint density at radius 1 is 1.78 bits per heavy atom. The van der Waals surface area contributed by atoms with Crippen LogP contribution in [0, 0.1) is 0 Å². The molecule has 0 amide bonds. The zero-order chi connectivity index (χ0) is 7.28. The Morgan fingerprint density at radius 2 is 2.33 bits per heavy atom. The molecule has 1 N–H and O–H groups in total. The van der Waals surface area contributed by atoms with Gasteiger partial charge in [0.1, 0.15) is 0 Å². The topological polar surface area (TPSA) is 46.5 Å². The predicted octanol–water partition coefficient (Wildman–Crippen LogP) is 1.15. The van der Waals surface area contributed by atoms with E-state index in [0.29, 0.717) is 13.0 Å². The lowest BCUT2D eigenvalue weighted by Gasteiger charge is -1.94. The summed E-state index contributed by atoms with van der Waals surface area (Å²) in [5.74, 6) is 0. The number of hydrogen-bond donors (Lipinski definition) is 1. The second kappa shape index (κ2) is 4.86. The minimum atomic E-state index is -2.00. The highest BCUT2D eigenvalue weighted by atomic mass is 31.1. The van der Waals surface area contributed by atoms with Crippen LogP contribution in [0.3, 0.4) is 0 Å². The number of hydrogen-bond acceptors (Lipinski definition) is 2. The zero-order valence-corrected chi connectivity index (χ0v) is 6.60. The van der Waals surface area contributed by atoms with E-state index in [2.05, 4.69) is 0 Å². The summed E-state index contributed by atoms with van der Waals surface area (Å²) in [5, 5.41) is 0. The summed E-state index contributed by atoms with van der Waals surface area (Å²) in [6, 6.07) is 0. The van der Waals surface area contributed by atoms with E-state index < -0.39 is 8.03 Å². The fourth-order valence-electron chi connectivity index (χ4n) is 0.399. The zero-order valence-electron chi connectivity index (χ0n) is 5.70. The van der Waals surface area contributed by atoms with Gasteiger partial charge in [0.05, 0.1) is 6.61 Å². The van der Waals surface area contributed by atoms with Gasteiger partial charge in [-0.15, -0.1) is 0 Å². The lowest BCUT2D eigenvalue weighted by molar-refractivity contribution is 0.194. The van der Waals surface area contributed by atoms with E-state index in [1.165, 1.54) is 0 Å². The molecule has 0 aliphatic heterocycles. The first-order chi connectivity index (χ1) is 4.18. The Balaban J connectivity index is 3.27. The van der Waals surface area contributed by atoms with Gasteiger partial charge in [0, 0.05) is 13.5 Å². The van der Waals surface area contributed by atoms with Gasteiger partial charge in [-0.25, -0.2) is 0 Å². The molecule has 0 radical (unpaired) electrons. The summed E-state index contributed by atoms with van der Waals surface area (Å²) in [4.78, 5) is 8.50. The SMILES string of the molecule is COCCC(C)[P+](=O)O. The Labute approximate surface area is 55.9 Å². The molecule has 3 nitrogen and oxygen atoms in total. The molecular weight excluding hydrogens is 139 g/mol.